The highest BCUT2D eigenvalue weighted by molar-refractivity contribution is 7.99. The molecule has 0 unspecified atom stereocenters. The third-order valence-corrected chi connectivity index (χ3v) is 5.62. The van der Waals surface area contributed by atoms with Crippen LogP contribution in [0.15, 0.2) is 58.3 Å². The molecule has 0 radical (unpaired) electrons. The maximum atomic E-state index is 2.52. The quantitative estimate of drug-likeness (QED) is 0.717. The first-order valence-corrected chi connectivity index (χ1v) is 8.73. The molecule has 0 saturated carbocycles. The number of hydrogen-bond acceptors (Lipinski definition) is 2. The van der Waals surface area contributed by atoms with Gasteiger partial charge in [-0.3, -0.25) is 0 Å². The maximum absolute atomic E-state index is 2.52. The summed E-state index contributed by atoms with van der Waals surface area (Å²) in [5.41, 5.74) is 3.02. The fourth-order valence-corrected chi connectivity index (χ4v) is 4.36. The summed E-state index contributed by atoms with van der Waals surface area (Å²) in [6.07, 6.45) is 1.20. The van der Waals surface area contributed by atoms with Crippen LogP contribution >= 0.6 is 24.2 Å². The summed E-state index contributed by atoms with van der Waals surface area (Å²) in [6.45, 7) is 7.96. The highest BCUT2D eigenvalue weighted by Crippen LogP contribution is 2.46. The third-order valence-electron chi connectivity index (χ3n) is 4.44. The monoisotopic (exact) mass is 333 g/mol. The average molecular weight is 334 g/mol. The van der Waals surface area contributed by atoms with E-state index in [1.54, 1.807) is 0 Å². The summed E-state index contributed by atoms with van der Waals surface area (Å²) >= 11 is 1.92. The Labute approximate surface area is 144 Å². The Morgan fingerprint density at radius 1 is 0.864 bits per heavy atom. The van der Waals surface area contributed by atoms with Gasteiger partial charge in [-0.15, -0.1) is 12.4 Å². The molecule has 3 rings (SSSR count). The highest BCUT2D eigenvalue weighted by Gasteiger charge is 2.25. The van der Waals surface area contributed by atoms with E-state index in [1.807, 2.05) is 11.8 Å². The molecule has 118 valence electrons. The van der Waals surface area contributed by atoms with E-state index in [-0.39, 0.29) is 12.4 Å². The van der Waals surface area contributed by atoms with Gasteiger partial charge < -0.3 is 4.90 Å². The molecule has 22 heavy (non-hydrogen) atoms. The van der Waals surface area contributed by atoms with Crippen LogP contribution in [0.2, 0.25) is 0 Å². The SMILES string of the molecule is CCN(CC)CCC1c2ccccc2Sc2ccccc21.Cl. The van der Waals surface area contributed by atoms with Crippen LogP contribution in [-0.4, -0.2) is 24.5 Å². The molecule has 0 bridgehead atoms. The van der Waals surface area contributed by atoms with Gasteiger partial charge in [-0.25, -0.2) is 0 Å². The van der Waals surface area contributed by atoms with Crippen LogP contribution < -0.4 is 0 Å². The number of fused-ring (bicyclic) bond motifs is 2. The van der Waals surface area contributed by atoms with Crippen LogP contribution in [-0.2, 0) is 0 Å². The molecule has 0 aromatic heterocycles. The fraction of sp³-hybridized carbons (Fsp3) is 0.368. The number of rotatable bonds is 5. The van der Waals surface area contributed by atoms with Crippen molar-refractivity contribution >= 4 is 24.2 Å². The molecule has 0 spiro atoms. The van der Waals surface area contributed by atoms with Gasteiger partial charge in [0.25, 0.3) is 0 Å². The van der Waals surface area contributed by atoms with Crippen LogP contribution in [0, 0.1) is 0 Å². The van der Waals surface area contributed by atoms with E-state index in [0.717, 1.165) is 13.1 Å². The zero-order chi connectivity index (χ0) is 14.7. The summed E-state index contributed by atoms with van der Waals surface area (Å²) in [6, 6.07) is 17.8. The molecule has 1 nitrogen and oxygen atoms in total. The molecule has 2 aromatic rings. The second kappa shape index (κ2) is 8.05. The standard InChI is InChI=1S/C19H23NS.ClH/c1-3-20(4-2)14-13-15-16-9-5-7-11-18(16)21-19-12-8-6-10-17(15)19;/h5-12,15H,3-4,13-14H2,1-2H3;1H. The Hall–Kier alpha value is -0.960. The molecular weight excluding hydrogens is 310 g/mol. The highest BCUT2D eigenvalue weighted by atomic mass is 35.5. The van der Waals surface area contributed by atoms with Gasteiger partial charge in [0.15, 0.2) is 0 Å². The van der Waals surface area contributed by atoms with Crippen LogP contribution in [0.5, 0.6) is 0 Å². The van der Waals surface area contributed by atoms with Gasteiger partial charge in [0.1, 0.15) is 0 Å². The summed E-state index contributed by atoms with van der Waals surface area (Å²) in [5.74, 6) is 0.541. The van der Waals surface area contributed by atoms with E-state index in [1.165, 1.54) is 33.9 Å². The van der Waals surface area contributed by atoms with E-state index in [9.17, 15) is 0 Å². The normalized spacial score (nSPS) is 13.4. The first kappa shape index (κ1) is 17.4. The molecule has 0 atom stereocenters. The van der Waals surface area contributed by atoms with Crippen molar-refractivity contribution in [3.8, 4) is 0 Å². The molecule has 0 aliphatic carbocycles. The predicted molar refractivity (Wildman–Crippen MR) is 98.5 cm³/mol. The molecule has 0 fully saturated rings. The van der Waals surface area contributed by atoms with Crippen molar-refractivity contribution in [2.75, 3.05) is 19.6 Å². The molecule has 2 aromatic carbocycles. The van der Waals surface area contributed by atoms with E-state index < -0.39 is 0 Å². The molecular formula is C19H24ClNS. The lowest BCUT2D eigenvalue weighted by atomic mass is 9.88. The topological polar surface area (TPSA) is 3.24 Å². The molecule has 1 aliphatic rings. The number of halogens is 1. The minimum atomic E-state index is 0. The molecule has 0 N–H and O–H groups in total. The van der Waals surface area contributed by atoms with Gasteiger partial charge in [0.05, 0.1) is 0 Å². The Kier molecular flexibility index (Phi) is 6.37. The van der Waals surface area contributed by atoms with Crippen LogP contribution in [0.25, 0.3) is 0 Å². The van der Waals surface area contributed by atoms with Crippen molar-refractivity contribution in [1.82, 2.24) is 4.90 Å². The maximum Gasteiger partial charge on any atom is 0.0160 e. The molecule has 1 heterocycles. The van der Waals surface area contributed by atoms with Gasteiger partial charge in [0.2, 0.25) is 0 Å². The Bertz CT molecular complexity index is 564. The van der Waals surface area contributed by atoms with E-state index in [2.05, 4.69) is 67.3 Å². The zero-order valence-corrected chi connectivity index (χ0v) is 14.9. The lowest BCUT2D eigenvalue weighted by Crippen LogP contribution is -2.26. The predicted octanol–water partition coefficient (Wildman–Crippen LogP) is 5.44. The Balaban J connectivity index is 0.00000176. The molecule has 1 aliphatic heterocycles. The average Bonchev–Trinajstić information content (AvgIpc) is 2.54. The van der Waals surface area contributed by atoms with Gasteiger partial charge in [0, 0.05) is 15.7 Å². The van der Waals surface area contributed by atoms with Gasteiger partial charge in [-0.05, 0) is 49.3 Å². The van der Waals surface area contributed by atoms with Crippen LogP contribution in [0.3, 0.4) is 0 Å². The smallest absolute Gasteiger partial charge is 0.0160 e. The van der Waals surface area contributed by atoms with Crippen molar-refractivity contribution in [2.45, 2.75) is 36.0 Å². The number of benzene rings is 2. The molecule has 3 heteroatoms. The van der Waals surface area contributed by atoms with Gasteiger partial charge >= 0.3 is 0 Å². The fourth-order valence-electron chi connectivity index (χ4n) is 3.17. The van der Waals surface area contributed by atoms with Crippen molar-refractivity contribution in [1.29, 1.82) is 0 Å². The number of nitrogens with zero attached hydrogens (tertiary/aromatic N) is 1. The minimum Gasteiger partial charge on any atom is -0.304 e. The van der Waals surface area contributed by atoms with Crippen molar-refractivity contribution in [2.24, 2.45) is 0 Å². The minimum absolute atomic E-state index is 0. The third kappa shape index (κ3) is 3.51. The van der Waals surface area contributed by atoms with E-state index in [0.29, 0.717) is 5.92 Å². The van der Waals surface area contributed by atoms with Crippen LogP contribution in [0.1, 0.15) is 37.3 Å². The molecule has 0 amide bonds. The Morgan fingerprint density at radius 3 is 1.86 bits per heavy atom. The number of hydrogen-bond donors (Lipinski definition) is 0. The van der Waals surface area contributed by atoms with Gasteiger partial charge in [-0.1, -0.05) is 62.0 Å². The van der Waals surface area contributed by atoms with Crippen molar-refractivity contribution < 1.29 is 0 Å². The summed E-state index contributed by atoms with van der Waals surface area (Å²) < 4.78 is 0. The van der Waals surface area contributed by atoms with Crippen molar-refractivity contribution in [3.05, 3.63) is 59.7 Å². The summed E-state index contributed by atoms with van der Waals surface area (Å²) in [5, 5.41) is 0. The second-order valence-electron chi connectivity index (χ2n) is 5.55. The lowest BCUT2D eigenvalue weighted by Gasteiger charge is -2.29. The first-order chi connectivity index (χ1) is 10.3. The Morgan fingerprint density at radius 2 is 1.36 bits per heavy atom. The van der Waals surface area contributed by atoms with E-state index in [4.69, 9.17) is 0 Å². The zero-order valence-electron chi connectivity index (χ0n) is 13.3. The summed E-state index contributed by atoms with van der Waals surface area (Å²) in [4.78, 5) is 5.38. The largest absolute Gasteiger partial charge is 0.304 e. The van der Waals surface area contributed by atoms with Gasteiger partial charge in [-0.2, -0.15) is 0 Å². The van der Waals surface area contributed by atoms with E-state index >= 15 is 0 Å². The first-order valence-electron chi connectivity index (χ1n) is 7.91. The lowest BCUT2D eigenvalue weighted by molar-refractivity contribution is 0.294. The van der Waals surface area contributed by atoms with Crippen molar-refractivity contribution in [3.63, 3.8) is 0 Å². The second-order valence-corrected chi connectivity index (χ2v) is 6.63. The van der Waals surface area contributed by atoms with Crippen LogP contribution in [0.4, 0.5) is 0 Å². The molecule has 0 saturated heterocycles. The summed E-state index contributed by atoms with van der Waals surface area (Å²) in [7, 11) is 0.